The summed E-state index contributed by atoms with van der Waals surface area (Å²) >= 11 is 1.89. The maximum absolute atomic E-state index is 7.40. The van der Waals surface area contributed by atoms with Gasteiger partial charge in [0.05, 0.1) is 11.0 Å². The number of rotatable bonds is 2. The zero-order valence-corrected chi connectivity index (χ0v) is 42.4. The van der Waals surface area contributed by atoms with E-state index in [4.69, 9.17) is 8.83 Å². The summed E-state index contributed by atoms with van der Waals surface area (Å²) in [5.41, 5.74) is 21.1. The predicted molar refractivity (Wildman–Crippen MR) is 307 cm³/mol. The van der Waals surface area contributed by atoms with Gasteiger partial charge in [0.15, 0.2) is 0 Å². The molecule has 16 rings (SSSR count). The van der Waals surface area contributed by atoms with Crippen LogP contribution in [0.4, 0.5) is 11.4 Å². The number of aromatic nitrogens is 1. The van der Waals surface area contributed by atoms with E-state index in [0.29, 0.717) is 0 Å². The molecule has 4 nitrogen and oxygen atoms in total. The molecule has 0 spiro atoms. The van der Waals surface area contributed by atoms with Crippen molar-refractivity contribution in [2.24, 2.45) is 0 Å². The Kier molecular flexibility index (Phi) is 7.82. The van der Waals surface area contributed by atoms with Gasteiger partial charge >= 0.3 is 6.85 Å². The standard InChI is InChI=1S/C66H51BN2O2S/c1-64(2,3)38-23-26-50-45(29-38)58-59-41-18-11-13-19-53(41)71-63(59)60-46-30-42-43-31-47-48(66(6,7)28-27-65(47,4)5)33-54(43)70-55(42)35-51(46)69(39-24-21-37(22-25-39)36-15-9-8-10-16-36)67-49-34-57-44(40-17-12-14-20-56(40)72-57)32-52(49)68(50)62(58)61(60)67/h8-26,29-35H,27-28H2,1-7H3. The molecule has 346 valence electrons. The second kappa shape index (κ2) is 13.7. The summed E-state index contributed by atoms with van der Waals surface area (Å²) in [5.74, 6) is 0. The van der Waals surface area contributed by atoms with E-state index in [1.807, 2.05) is 11.3 Å². The summed E-state index contributed by atoms with van der Waals surface area (Å²) in [6.45, 7) is 16.4. The summed E-state index contributed by atoms with van der Waals surface area (Å²) < 4.78 is 19.8. The first-order chi connectivity index (χ1) is 34.8. The van der Waals surface area contributed by atoms with E-state index in [0.717, 1.165) is 62.9 Å². The van der Waals surface area contributed by atoms with Gasteiger partial charge in [0.25, 0.3) is 0 Å². The van der Waals surface area contributed by atoms with Crippen molar-refractivity contribution in [3.05, 3.63) is 174 Å². The van der Waals surface area contributed by atoms with Crippen LogP contribution < -0.4 is 15.7 Å². The topological polar surface area (TPSA) is 34.5 Å². The Balaban J connectivity index is 1.11. The highest BCUT2D eigenvalue weighted by Crippen LogP contribution is 2.54. The number of para-hydroxylation sites is 1. The van der Waals surface area contributed by atoms with Gasteiger partial charge in [0.1, 0.15) is 22.3 Å². The van der Waals surface area contributed by atoms with E-state index in [1.165, 1.54) is 103 Å². The smallest absolute Gasteiger partial charge is 0.333 e. The van der Waals surface area contributed by atoms with Crippen molar-refractivity contribution in [2.45, 2.75) is 77.6 Å². The normalized spacial score (nSPS) is 15.8. The Labute approximate surface area is 422 Å². The number of thiophene rings is 1. The van der Waals surface area contributed by atoms with Gasteiger partial charge in [-0.1, -0.05) is 133 Å². The molecule has 0 fully saturated rings. The molecule has 0 unspecified atom stereocenters. The Morgan fingerprint density at radius 1 is 0.542 bits per heavy atom. The molecule has 1 aliphatic carbocycles. The quantitative estimate of drug-likeness (QED) is 0.162. The minimum atomic E-state index is -0.213. The average molecular weight is 947 g/mol. The third kappa shape index (κ3) is 5.33. The van der Waals surface area contributed by atoms with Crippen molar-refractivity contribution in [2.75, 3.05) is 4.81 Å². The molecule has 72 heavy (non-hydrogen) atoms. The van der Waals surface area contributed by atoms with Gasteiger partial charge in [-0.15, -0.1) is 11.3 Å². The summed E-state index contributed by atoms with van der Waals surface area (Å²) in [4.78, 5) is 2.64. The fraction of sp³-hybridized carbons (Fsp3) is 0.182. The van der Waals surface area contributed by atoms with Crippen LogP contribution in [0.3, 0.4) is 0 Å². The fourth-order valence-electron chi connectivity index (χ4n) is 13.5. The molecule has 13 aromatic rings. The first kappa shape index (κ1) is 41.1. The predicted octanol–water partition coefficient (Wildman–Crippen LogP) is 17.5. The third-order valence-electron chi connectivity index (χ3n) is 17.4. The molecule has 0 amide bonds. The van der Waals surface area contributed by atoms with E-state index in [-0.39, 0.29) is 23.1 Å². The van der Waals surface area contributed by atoms with Gasteiger partial charge in [-0.2, -0.15) is 0 Å². The van der Waals surface area contributed by atoms with E-state index >= 15 is 0 Å². The zero-order chi connectivity index (χ0) is 48.3. The SMILES string of the molecule is CC(C)(C)c1ccc2c(c1)c1c3c(oc4ccccc43)c3c4c1n2-c1cc2c(cc1B4N(c1ccc(-c4ccccc4)cc1)c1cc4oc5cc6c(cc5c4cc1-3)C(C)(C)CCC6(C)C)sc1ccccc12. The van der Waals surface area contributed by atoms with Gasteiger partial charge in [0, 0.05) is 86.7 Å². The third-order valence-corrected chi connectivity index (χ3v) is 18.5. The molecule has 0 saturated heterocycles. The highest BCUT2D eigenvalue weighted by atomic mass is 32.1. The lowest BCUT2D eigenvalue weighted by atomic mass is 9.43. The largest absolute Gasteiger partial charge is 0.456 e. The van der Waals surface area contributed by atoms with E-state index in [1.54, 1.807) is 0 Å². The van der Waals surface area contributed by atoms with Gasteiger partial charge in [-0.25, -0.2) is 0 Å². The van der Waals surface area contributed by atoms with E-state index < -0.39 is 0 Å². The van der Waals surface area contributed by atoms with Gasteiger partial charge in [-0.05, 0) is 135 Å². The van der Waals surface area contributed by atoms with E-state index in [2.05, 4.69) is 216 Å². The highest BCUT2D eigenvalue weighted by Gasteiger charge is 2.47. The van der Waals surface area contributed by atoms with Crippen LogP contribution in [0.2, 0.25) is 0 Å². The summed E-state index contributed by atoms with van der Waals surface area (Å²) in [6.07, 6.45) is 2.30. The number of furan rings is 2. The van der Waals surface area contributed by atoms with Crippen LogP contribution in [0.5, 0.6) is 0 Å². The molecular weight excluding hydrogens is 896 g/mol. The molecule has 9 aromatic carbocycles. The fourth-order valence-corrected chi connectivity index (χ4v) is 14.7. The van der Waals surface area contributed by atoms with Crippen molar-refractivity contribution < 1.29 is 8.83 Å². The molecule has 0 radical (unpaired) electrons. The number of hydrogen-bond donors (Lipinski definition) is 0. The second-order valence-electron chi connectivity index (χ2n) is 23.5. The van der Waals surface area contributed by atoms with Gasteiger partial charge < -0.3 is 18.2 Å². The number of nitrogens with zero attached hydrogens (tertiary/aromatic N) is 2. The Morgan fingerprint density at radius 3 is 2.03 bits per heavy atom. The summed E-state index contributed by atoms with van der Waals surface area (Å²) in [7, 11) is 0. The number of hydrogen-bond acceptors (Lipinski definition) is 4. The lowest BCUT2D eigenvalue weighted by Gasteiger charge is -2.42. The molecule has 0 bridgehead atoms. The molecular formula is C66H51BN2O2S. The van der Waals surface area contributed by atoms with Gasteiger partial charge in [-0.3, -0.25) is 0 Å². The monoisotopic (exact) mass is 946 g/mol. The molecule has 4 aromatic heterocycles. The van der Waals surface area contributed by atoms with Crippen LogP contribution in [0.1, 0.15) is 78.0 Å². The maximum Gasteiger partial charge on any atom is 0.333 e. The molecule has 0 saturated carbocycles. The first-order valence-corrected chi connectivity index (χ1v) is 26.5. The molecule has 0 N–H and O–H groups in total. The van der Waals surface area contributed by atoms with Crippen molar-refractivity contribution in [1.82, 2.24) is 4.57 Å². The summed E-state index contributed by atoms with van der Waals surface area (Å²) in [6, 6.07) is 59.6. The second-order valence-corrected chi connectivity index (χ2v) is 24.5. The van der Waals surface area contributed by atoms with Crippen LogP contribution in [0.15, 0.2) is 167 Å². The summed E-state index contributed by atoms with van der Waals surface area (Å²) in [5, 5.41) is 9.75. The lowest BCUT2D eigenvalue weighted by Crippen LogP contribution is -2.60. The number of benzene rings is 9. The van der Waals surface area contributed by atoms with Crippen LogP contribution >= 0.6 is 11.3 Å². The van der Waals surface area contributed by atoms with Crippen molar-refractivity contribution >= 4 is 126 Å². The van der Waals surface area contributed by atoms with E-state index in [9.17, 15) is 0 Å². The lowest BCUT2D eigenvalue weighted by molar-refractivity contribution is 0.332. The Hall–Kier alpha value is -7.54. The van der Waals surface area contributed by atoms with Crippen molar-refractivity contribution in [1.29, 1.82) is 0 Å². The average Bonchev–Trinajstić information content (AvgIpc) is 4.14. The van der Waals surface area contributed by atoms with Crippen molar-refractivity contribution in [3.8, 4) is 27.9 Å². The number of fused-ring (bicyclic) bond motifs is 20. The first-order valence-electron chi connectivity index (χ1n) is 25.7. The van der Waals surface area contributed by atoms with Crippen LogP contribution in [0, 0.1) is 0 Å². The highest BCUT2D eigenvalue weighted by molar-refractivity contribution is 7.26. The molecule has 0 atom stereocenters. The van der Waals surface area contributed by atoms with Crippen LogP contribution in [-0.4, -0.2) is 11.4 Å². The Morgan fingerprint density at radius 2 is 1.24 bits per heavy atom. The van der Waals surface area contributed by atoms with Gasteiger partial charge in [0.2, 0.25) is 0 Å². The minimum Gasteiger partial charge on any atom is -0.456 e. The van der Waals surface area contributed by atoms with Crippen LogP contribution in [0.25, 0.3) is 114 Å². The Bertz CT molecular complexity index is 4560. The van der Waals surface area contributed by atoms with Crippen LogP contribution in [-0.2, 0) is 16.2 Å². The molecule has 3 aliphatic rings. The number of anilines is 2. The molecule has 2 aliphatic heterocycles. The minimum absolute atomic E-state index is 0.0515. The molecule has 6 heteroatoms. The molecule has 6 heterocycles. The zero-order valence-electron chi connectivity index (χ0n) is 41.6. The maximum atomic E-state index is 7.40. The van der Waals surface area contributed by atoms with Crippen molar-refractivity contribution in [3.63, 3.8) is 0 Å².